The molecule has 0 aromatic rings. The number of carbonyl (C=O) groups is 1. The smallest absolute Gasteiger partial charge is 0.306 e. The Labute approximate surface area is 136 Å². The zero-order valence-electron chi connectivity index (χ0n) is 13.8. The number of aliphatic imine (C=N–C) groups is 1. The summed E-state index contributed by atoms with van der Waals surface area (Å²) in [5.74, 6) is 0.478. The molecule has 7 nitrogen and oxygen atoms in total. The van der Waals surface area contributed by atoms with Gasteiger partial charge in [0.2, 0.25) is 0 Å². The maximum Gasteiger partial charge on any atom is 0.306 e. The van der Waals surface area contributed by atoms with Gasteiger partial charge in [0, 0.05) is 25.6 Å². The van der Waals surface area contributed by atoms with E-state index >= 15 is 0 Å². The zero-order valence-corrected chi connectivity index (χ0v) is 13.8. The molecule has 0 aliphatic carbocycles. The quantitative estimate of drug-likeness (QED) is 0.568. The number of nitrogens with zero attached hydrogens (tertiary/aromatic N) is 2. The molecule has 1 heterocycles. The summed E-state index contributed by atoms with van der Waals surface area (Å²) in [7, 11) is 1.38. The van der Waals surface area contributed by atoms with Crippen LogP contribution in [-0.4, -0.2) is 73.4 Å². The first kappa shape index (κ1) is 19.3. The van der Waals surface area contributed by atoms with Crippen LogP contribution in [0.5, 0.6) is 0 Å². The molecule has 23 heavy (non-hydrogen) atoms. The van der Waals surface area contributed by atoms with Gasteiger partial charge in [0.05, 0.1) is 38.2 Å². The van der Waals surface area contributed by atoms with Crippen molar-refractivity contribution >= 4 is 11.7 Å². The number of likely N-dealkylation sites (N-methyl/N-ethyl adjacent to an activating group) is 1. The Balaban J connectivity index is 2.44. The third kappa shape index (κ3) is 7.40. The van der Waals surface area contributed by atoms with Crippen LogP contribution in [0.15, 0.2) is 28.6 Å². The van der Waals surface area contributed by atoms with Crippen LogP contribution < -0.4 is 0 Å². The molecule has 130 valence electrons. The fraction of sp³-hybridized carbons (Fsp3) is 0.625. The monoisotopic (exact) mass is 326 g/mol. The molecule has 0 bridgehead atoms. The molecule has 2 N–H and O–H groups in total. The standard InChI is InChI=1S/C16H26N2O5/c1-3-18(7-6-16(21)22-2)8-9-23-15-5-4-13(11-19)17-14(10-15)12-20/h4,10,19-20H,3,5-9,11-12H2,1-2H3. The number of ether oxygens (including phenoxy) is 2. The molecule has 0 saturated carbocycles. The maximum absolute atomic E-state index is 11.2. The van der Waals surface area contributed by atoms with Crippen molar-refractivity contribution in [2.24, 2.45) is 4.99 Å². The summed E-state index contributed by atoms with van der Waals surface area (Å²) in [6.07, 6.45) is 4.36. The molecule has 0 aromatic heterocycles. The number of methoxy groups -OCH3 is 1. The number of aliphatic hydroxyl groups excluding tert-OH is 2. The molecule has 7 heteroatoms. The van der Waals surface area contributed by atoms with E-state index in [0.717, 1.165) is 6.54 Å². The molecule has 0 unspecified atom stereocenters. The van der Waals surface area contributed by atoms with Crippen molar-refractivity contribution in [3.63, 3.8) is 0 Å². The van der Waals surface area contributed by atoms with E-state index in [1.165, 1.54) is 7.11 Å². The largest absolute Gasteiger partial charge is 0.496 e. The fourth-order valence-corrected chi connectivity index (χ4v) is 2.09. The molecule has 1 aliphatic heterocycles. The van der Waals surface area contributed by atoms with Gasteiger partial charge in [0.1, 0.15) is 12.4 Å². The van der Waals surface area contributed by atoms with Crippen LogP contribution in [-0.2, 0) is 14.3 Å². The molecule has 0 atom stereocenters. The second-order valence-corrected chi connectivity index (χ2v) is 5.04. The topological polar surface area (TPSA) is 91.6 Å². The number of aliphatic hydroxyl groups is 2. The summed E-state index contributed by atoms with van der Waals surface area (Å²) in [6, 6.07) is 0. The van der Waals surface area contributed by atoms with E-state index in [1.54, 1.807) is 12.2 Å². The Hall–Kier alpha value is -1.70. The summed E-state index contributed by atoms with van der Waals surface area (Å²) in [5.41, 5.74) is 0.994. The van der Waals surface area contributed by atoms with Crippen LogP contribution in [0.25, 0.3) is 0 Å². The minimum absolute atomic E-state index is 0.165. The Morgan fingerprint density at radius 1 is 1.35 bits per heavy atom. The summed E-state index contributed by atoms with van der Waals surface area (Å²) in [4.78, 5) is 17.4. The molecular formula is C16H26N2O5. The lowest BCUT2D eigenvalue weighted by atomic mass is 10.2. The van der Waals surface area contributed by atoms with Gasteiger partial charge in [-0.1, -0.05) is 13.0 Å². The van der Waals surface area contributed by atoms with Gasteiger partial charge >= 0.3 is 5.97 Å². The van der Waals surface area contributed by atoms with Crippen molar-refractivity contribution in [3.05, 3.63) is 23.6 Å². The Kier molecular flexibility index (Phi) is 9.20. The predicted octanol–water partition coefficient (Wildman–Crippen LogP) is 0.485. The number of hydrogen-bond acceptors (Lipinski definition) is 7. The molecule has 0 aromatic carbocycles. The average molecular weight is 326 g/mol. The third-order valence-corrected chi connectivity index (χ3v) is 3.48. The van der Waals surface area contributed by atoms with Gasteiger partial charge in [-0.25, -0.2) is 0 Å². The fourth-order valence-electron chi connectivity index (χ4n) is 2.09. The highest BCUT2D eigenvalue weighted by Gasteiger charge is 2.10. The summed E-state index contributed by atoms with van der Waals surface area (Å²) in [5, 5.41) is 18.4. The van der Waals surface area contributed by atoms with Crippen LogP contribution in [0.3, 0.4) is 0 Å². The van der Waals surface area contributed by atoms with Gasteiger partial charge in [-0.15, -0.1) is 0 Å². The lowest BCUT2D eigenvalue weighted by Crippen LogP contribution is -2.30. The van der Waals surface area contributed by atoms with E-state index in [-0.39, 0.29) is 19.2 Å². The zero-order chi connectivity index (χ0) is 17.1. The number of carbonyl (C=O) groups excluding carboxylic acids is 1. The van der Waals surface area contributed by atoms with Crippen LogP contribution >= 0.6 is 0 Å². The number of hydrogen-bond donors (Lipinski definition) is 2. The van der Waals surface area contributed by atoms with Gasteiger partial charge in [0.25, 0.3) is 0 Å². The van der Waals surface area contributed by atoms with Crippen LogP contribution in [0, 0.1) is 0 Å². The van der Waals surface area contributed by atoms with E-state index in [1.807, 2.05) is 6.92 Å². The molecule has 1 aliphatic rings. The summed E-state index contributed by atoms with van der Waals surface area (Å²) >= 11 is 0. The van der Waals surface area contributed by atoms with Crippen molar-refractivity contribution in [1.29, 1.82) is 0 Å². The van der Waals surface area contributed by atoms with E-state index in [2.05, 4.69) is 14.6 Å². The maximum atomic E-state index is 11.2. The second-order valence-electron chi connectivity index (χ2n) is 5.04. The van der Waals surface area contributed by atoms with Gasteiger partial charge in [-0.2, -0.15) is 0 Å². The summed E-state index contributed by atoms with van der Waals surface area (Å²) < 4.78 is 10.4. The first-order valence-electron chi connectivity index (χ1n) is 7.73. The molecule has 0 spiro atoms. The SMILES string of the molecule is CCN(CCOC1=CC(CO)=NC(CO)=CC1)CCC(=O)OC. The minimum Gasteiger partial charge on any atom is -0.496 e. The predicted molar refractivity (Wildman–Crippen MR) is 87.1 cm³/mol. The number of esters is 1. The lowest BCUT2D eigenvalue weighted by molar-refractivity contribution is -0.141. The number of allylic oxidation sites excluding steroid dienone is 1. The highest BCUT2D eigenvalue weighted by Crippen LogP contribution is 2.13. The van der Waals surface area contributed by atoms with E-state index in [0.29, 0.717) is 49.7 Å². The Morgan fingerprint density at radius 2 is 2.13 bits per heavy atom. The first-order chi connectivity index (χ1) is 11.1. The normalized spacial score (nSPS) is 14.7. The van der Waals surface area contributed by atoms with Crippen molar-refractivity contribution in [3.8, 4) is 0 Å². The second kappa shape index (κ2) is 10.9. The first-order valence-corrected chi connectivity index (χ1v) is 7.73. The molecule has 0 amide bonds. The van der Waals surface area contributed by atoms with Crippen molar-refractivity contribution in [2.45, 2.75) is 19.8 Å². The van der Waals surface area contributed by atoms with E-state index < -0.39 is 0 Å². The Morgan fingerprint density at radius 3 is 2.74 bits per heavy atom. The molecule has 1 rings (SSSR count). The van der Waals surface area contributed by atoms with Crippen molar-refractivity contribution in [1.82, 2.24) is 4.90 Å². The van der Waals surface area contributed by atoms with E-state index in [4.69, 9.17) is 9.84 Å². The molecule has 0 saturated heterocycles. The molecule has 0 radical (unpaired) electrons. The number of rotatable bonds is 10. The van der Waals surface area contributed by atoms with Gasteiger partial charge in [-0.3, -0.25) is 14.7 Å². The van der Waals surface area contributed by atoms with Crippen LogP contribution in [0.4, 0.5) is 0 Å². The molecule has 0 fully saturated rings. The van der Waals surface area contributed by atoms with Crippen molar-refractivity contribution in [2.75, 3.05) is 46.6 Å². The lowest BCUT2D eigenvalue weighted by Gasteiger charge is -2.20. The highest BCUT2D eigenvalue weighted by molar-refractivity contribution is 5.97. The van der Waals surface area contributed by atoms with Crippen LogP contribution in [0.1, 0.15) is 19.8 Å². The van der Waals surface area contributed by atoms with Crippen LogP contribution in [0.2, 0.25) is 0 Å². The Bertz CT molecular complexity index is 471. The average Bonchev–Trinajstić information content (AvgIpc) is 2.79. The van der Waals surface area contributed by atoms with E-state index in [9.17, 15) is 9.90 Å². The minimum atomic E-state index is -0.221. The van der Waals surface area contributed by atoms with Gasteiger partial charge in [-0.05, 0) is 6.54 Å². The van der Waals surface area contributed by atoms with Crippen molar-refractivity contribution < 1.29 is 24.5 Å². The third-order valence-electron chi connectivity index (χ3n) is 3.48. The molecular weight excluding hydrogens is 300 g/mol. The van der Waals surface area contributed by atoms with Gasteiger partial charge in [0.15, 0.2) is 0 Å². The van der Waals surface area contributed by atoms with Gasteiger partial charge < -0.3 is 19.7 Å². The highest BCUT2D eigenvalue weighted by atomic mass is 16.5. The summed E-state index contributed by atoms with van der Waals surface area (Å²) in [6.45, 7) is 4.26.